The normalized spacial score (nSPS) is 16.1. The van der Waals surface area contributed by atoms with Gasteiger partial charge in [-0.3, -0.25) is 4.79 Å². The molecule has 1 saturated heterocycles. The van der Waals surface area contributed by atoms with Crippen molar-refractivity contribution in [3.05, 3.63) is 29.3 Å². The van der Waals surface area contributed by atoms with Crippen molar-refractivity contribution in [3.63, 3.8) is 0 Å². The molecule has 0 saturated carbocycles. The summed E-state index contributed by atoms with van der Waals surface area (Å²) in [7, 11) is 0. The highest BCUT2D eigenvalue weighted by molar-refractivity contribution is 5.92. The smallest absolute Gasteiger partial charge is 0.224 e. The number of aryl methyl sites for hydroxylation is 2. The third-order valence-electron chi connectivity index (χ3n) is 4.24. The van der Waals surface area contributed by atoms with Crippen molar-refractivity contribution < 1.29 is 4.79 Å². The average Bonchev–Trinajstić information content (AvgIpc) is 2.48. The fraction of sp³-hybridized carbons (Fsp3) is 0.588. The van der Waals surface area contributed by atoms with E-state index in [4.69, 9.17) is 0 Å². The van der Waals surface area contributed by atoms with E-state index in [-0.39, 0.29) is 5.91 Å². The Labute approximate surface area is 122 Å². The molecule has 1 fully saturated rings. The molecule has 0 aromatic heterocycles. The van der Waals surface area contributed by atoms with E-state index < -0.39 is 0 Å². The van der Waals surface area contributed by atoms with Crippen molar-refractivity contribution >= 4 is 11.6 Å². The van der Waals surface area contributed by atoms with Gasteiger partial charge in [-0.25, -0.2) is 0 Å². The molecule has 3 heteroatoms. The molecule has 1 aliphatic rings. The van der Waals surface area contributed by atoms with Gasteiger partial charge in [0.2, 0.25) is 5.91 Å². The second-order valence-corrected chi connectivity index (χ2v) is 5.74. The molecule has 1 heterocycles. The molecule has 2 rings (SSSR count). The first kappa shape index (κ1) is 15.0. The summed E-state index contributed by atoms with van der Waals surface area (Å²) >= 11 is 0. The van der Waals surface area contributed by atoms with E-state index in [1.807, 2.05) is 0 Å². The maximum Gasteiger partial charge on any atom is 0.224 e. The third kappa shape index (κ3) is 4.07. The van der Waals surface area contributed by atoms with Gasteiger partial charge in [0, 0.05) is 12.1 Å². The summed E-state index contributed by atoms with van der Waals surface area (Å²) in [5.74, 6) is 0.872. The van der Waals surface area contributed by atoms with E-state index in [1.54, 1.807) is 0 Å². The molecule has 0 aliphatic carbocycles. The number of hydrogen-bond acceptors (Lipinski definition) is 2. The van der Waals surface area contributed by atoms with Gasteiger partial charge in [0.1, 0.15) is 0 Å². The summed E-state index contributed by atoms with van der Waals surface area (Å²) in [5.41, 5.74) is 3.39. The molecule has 1 aliphatic heterocycles. The number of nitrogens with one attached hydrogen (secondary N) is 2. The van der Waals surface area contributed by atoms with Crippen LogP contribution in [0.4, 0.5) is 5.69 Å². The largest absolute Gasteiger partial charge is 0.326 e. The predicted octanol–water partition coefficient (Wildman–Crippen LogP) is 3.28. The molecule has 0 bridgehead atoms. The Bertz CT molecular complexity index is 450. The Morgan fingerprint density at radius 3 is 2.80 bits per heavy atom. The number of piperidine rings is 1. The summed E-state index contributed by atoms with van der Waals surface area (Å²) in [6.07, 6.45) is 5.02. The molecular formula is C17H26N2O. The van der Waals surface area contributed by atoms with Gasteiger partial charge in [-0.05, 0) is 62.7 Å². The topological polar surface area (TPSA) is 41.1 Å². The van der Waals surface area contributed by atoms with Crippen LogP contribution in [0.5, 0.6) is 0 Å². The van der Waals surface area contributed by atoms with Gasteiger partial charge in [-0.15, -0.1) is 0 Å². The SMILES string of the molecule is CCc1cccc(C)c1NC(=O)CCC1CCNCC1. The van der Waals surface area contributed by atoms with Crippen LogP contribution >= 0.6 is 0 Å². The predicted molar refractivity (Wildman–Crippen MR) is 84.0 cm³/mol. The van der Waals surface area contributed by atoms with Crippen LogP contribution in [0, 0.1) is 12.8 Å². The Hall–Kier alpha value is -1.35. The number of hydrogen-bond donors (Lipinski definition) is 2. The zero-order valence-corrected chi connectivity index (χ0v) is 12.7. The molecular weight excluding hydrogens is 248 g/mol. The van der Waals surface area contributed by atoms with Crippen LogP contribution in [0.3, 0.4) is 0 Å². The summed E-state index contributed by atoms with van der Waals surface area (Å²) in [6.45, 7) is 6.38. The van der Waals surface area contributed by atoms with E-state index in [9.17, 15) is 4.79 Å². The zero-order chi connectivity index (χ0) is 14.4. The summed E-state index contributed by atoms with van der Waals surface area (Å²) in [6, 6.07) is 6.20. The molecule has 110 valence electrons. The minimum atomic E-state index is 0.160. The van der Waals surface area contributed by atoms with Gasteiger partial charge in [-0.1, -0.05) is 25.1 Å². The molecule has 1 aromatic carbocycles. The summed E-state index contributed by atoms with van der Waals surface area (Å²) in [5, 5.41) is 6.48. The Balaban J connectivity index is 1.88. The summed E-state index contributed by atoms with van der Waals surface area (Å²) in [4.78, 5) is 12.1. The second-order valence-electron chi connectivity index (χ2n) is 5.74. The van der Waals surface area contributed by atoms with Crippen LogP contribution in [0.2, 0.25) is 0 Å². The van der Waals surface area contributed by atoms with E-state index in [1.165, 1.54) is 18.4 Å². The number of carbonyl (C=O) groups is 1. The fourth-order valence-corrected chi connectivity index (χ4v) is 2.91. The number of carbonyl (C=O) groups excluding carboxylic acids is 1. The Morgan fingerprint density at radius 1 is 1.35 bits per heavy atom. The van der Waals surface area contributed by atoms with E-state index >= 15 is 0 Å². The number of para-hydroxylation sites is 1. The summed E-state index contributed by atoms with van der Waals surface area (Å²) < 4.78 is 0. The van der Waals surface area contributed by atoms with Crippen LogP contribution < -0.4 is 10.6 Å². The first-order valence-corrected chi connectivity index (χ1v) is 7.79. The van der Waals surface area contributed by atoms with E-state index in [2.05, 4.69) is 42.7 Å². The number of rotatable bonds is 5. The van der Waals surface area contributed by atoms with E-state index in [0.717, 1.165) is 37.2 Å². The standard InChI is InChI=1S/C17H26N2O/c1-3-15-6-4-5-13(2)17(15)19-16(20)8-7-14-9-11-18-12-10-14/h4-6,14,18H,3,7-12H2,1-2H3,(H,19,20). The number of amides is 1. The minimum Gasteiger partial charge on any atom is -0.326 e. The maximum absolute atomic E-state index is 12.1. The first-order valence-electron chi connectivity index (χ1n) is 7.79. The van der Waals surface area contributed by atoms with Crippen molar-refractivity contribution in [1.82, 2.24) is 5.32 Å². The van der Waals surface area contributed by atoms with Gasteiger partial charge in [0.05, 0.1) is 0 Å². The van der Waals surface area contributed by atoms with Crippen LogP contribution in [0.15, 0.2) is 18.2 Å². The van der Waals surface area contributed by atoms with Crippen molar-refractivity contribution in [2.75, 3.05) is 18.4 Å². The van der Waals surface area contributed by atoms with Crippen LogP contribution in [-0.4, -0.2) is 19.0 Å². The lowest BCUT2D eigenvalue weighted by Gasteiger charge is -2.22. The quantitative estimate of drug-likeness (QED) is 0.865. The van der Waals surface area contributed by atoms with Gasteiger partial charge >= 0.3 is 0 Å². The van der Waals surface area contributed by atoms with Crippen LogP contribution in [-0.2, 0) is 11.2 Å². The number of anilines is 1. The Morgan fingerprint density at radius 2 is 2.10 bits per heavy atom. The third-order valence-corrected chi connectivity index (χ3v) is 4.24. The highest BCUT2D eigenvalue weighted by Gasteiger charge is 2.15. The molecule has 3 nitrogen and oxygen atoms in total. The maximum atomic E-state index is 12.1. The second kappa shape index (κ2) is 7.44. The lowest BCUT2D eigenvalue weighted by molar-refractivity contribution is -0.116. The van der Waals surface area contributed by atoms with Crippen LogP contribution in [0.25, 0.3) is 0 Å². The molecule has 1 aromatic rings. The molecule has 0 radical (unpaired) electrons. The molecule has 1 amide bonds. The first-order chi connectivity index (χ1) is 9.70. The average molecular weight is 274 g/mol. The molecule has 2 N–H and O–H groups in total. The lowest BCUT2D eigenvalue weighted by Crippen LogP contribution is -2.28. The van der Waals surface area contributed by atoms with Crippen molar-refractivity contribution in [1.29, 1.82) is 0 Å². The van der Waals surface area contributed by atoms with Crippen molar-refractivity contribution in [3.8, 4) is 0 Å². The molecule has 0 atom stereocenters. The van der Waals surface area contributed by atoms with Gasteiger partial charge in [0.15, 0.2) is 0 Å². The fourth-order valence-electron chi connectivity index (χ4n) is 2.91. The Kier molecular flexibility index (Phi) is 5.60. The van der Waals surface area contributed by atoms with Gasteiger partial charge in [0.25, 0.3) is 0 Å². The van der Waals surface area contributed by atoms with Gasteiger partial charge < -0.3 is 10.6 Å². The van der Waals surface area contributed by atoms with Gasteiger partial charge in [-0.2, -0.15) is 0 Å². The molecule has 0 unspecified atom stereocenters. The highest BCUT2D eigenvalue weighted by atomic mass is 16.1. The van der Waals surface area contributed by atoms with Crippen molar-refractivity contribution in [2.45, 2.75) is 46.0 Å². The minimum absolute atomic E-state index is 0.160. The van der Waals surface area contributed by atoms with Crippen molar-refractivity contribution in [2.24, 2.45) is 5.92 Å². The number of benzene rings is 1. The lowest BCUT2D eigenvalue weighted by atomic mass is 9.93. The monoisotopic (exact) mass is 274 g/mol. The highest BCUT2D eigenvalue weighted by Crippen LogP contribution is 2.22. The zero-order valence-electron chi connectivity index (χ0n) is 12.7. The molecule has 20 heavy (non-hydrogen) atoms. The molecule has 0 spiro atoms. The van der Waals surface area contributed by atoms with Crippen LogP contribution in [0.1, 0.15) is 43.7 Å². The van der Waals surface area contributed by atoms with E-state index in [0.29, 0.717) is 12.3 Å².